The minimum atomic E-state index is -0.00231. The van der Waals surface area contributed by atoms with Gasteiger partial charge in [0, 0.05) is 5.92 Å². The Morgan fingerprint density at radius 3 is 2.67 bits per heavy atom. The van der Waals surface area contributed by atoms with Crippen molar-refractivity contribution >= 4 is 11.5 Å². The molecule has 1 rings (SSSR count). The zero-order valence-corrected chi connectivity index (χ0v) is 5.29. The molecule has 0 aliphatic heterocycles. The molecule has 3 heteroatoms. The first-order valence-corrected chi connectivity index (χ1v) is 3.01. The van der Waals surface area contributed by atoms with E-state index in [0.29, 0.717) is 12.1 Å². The number of hydrogen-bond acceptors (Lipinski definition) is 3. The van der Waals surface area contributed by atoms with Gasteiger partial charge in [-0.15, -0.1) is 0 Å². The van der Waals surface area contributed by atoms with Gasteiger partial charge in [-0.2, -0.15) is 0 Å². The Kier molecular flexibility index (Phi) is 1.51. The average molecular weight is 127 g/mol. The molecule has 1 fully saturated rings. The summed E-state index contributed by atoms with van der Waals surface area (Å²) in [6.07, 6.45) is 1.47. The molecule has 9 heavy (non-hydrogen) atoms. The quantitative estimate of drug-likeness (QED) is 0.386. The first kappa shape index (κ1) is 6.26. The van der Waals surface area contributed by atoms with Gasteiger partial charge in [0.25, 0.3) is 0 Å². The van der Waals surface area contributed by atoms with Crippen LogP contribution in [0.25, 0.3) is 0 Å². The molecule has 0 radical (unpaired) electrons. The highest BCUT2D eigenvalue weighted by Crippen LogP contribution is 2.17. The summed E-state index contributed by atoms with van der Waals surface area (Å²) < 4.78 is 0. The summed E-state index contributed by atoms with van der Waals surface area (Å²) in [5.74, 6) is 0.0633. The molecule has 0 spiro atoms. The molecular formula is C6H9NO2. The van der Waals surface area contributed by atoms with Crippen LogP contribution in [-0.4, -0.2) is 16.7 Å². The first-order valence-electron chi connectivity index (χ1n) is 3.01. The number of hydrogen-bond donors (Lipinski definition) is 1. The van der Waals surface area contributed by atoms with Crippen molar-refractivity contribution in [3.63, 3.8) is 0 Å². The summed E-state index contributed by atoms with van der Waals surface area (Å²) in [6.45, 7) is 1.85. The summed E-state index contributed by atoms with van der Waals surface area (Å²) in [5.41, 5.74) is 0.336. The number of carbonyl (C=O) groups is 1. The van der Waals surface area contributed by atoms with Crippen molar-refractivity contribution in [2.24, 2.45) is 11.1 Å². The van der Waals surface area contributed by atoms with E-state index in [2.05, 4.69) is 5.16 Å². The van der Waals surface area contributed by atoms with Crippen LogP contribution in [-0.2, 0) is 4.79 Å². The highest BCUT2D eigenvalue weighted by atomic mass is 16.4. The molecule has 0 bridgehead atoms. The Hall–Kier alpha value is -0.860. The molecule has 1 aliphatic carbocycles. The summed E-state index contributed by atoms with van der Waals surface area (Å²) in [4.78, 5) is 10.8. The van der Waals surface area contributed by atoms with E-state index in [9.17, 15) is 4.79 Å². The third kappa shape index (κ3) is 0.943. The molecule has 1 atom stereocenters. The van der Waals surface area contributed by atoms with Crippen LogP contribution in [0.4, 0.5) is 0 Å². The van der Waals surface area contributed by atoms with Gasteiger partial charge in [0.05, 0.1) is 0 Å². The van der Waals surface area contributed by atoms with Crippen LogP contribution < -0.4 is 0 Å². The Bertz CT molecular complexity index is 162. The van der Waals surface area contributed by atoms with E-state index in [-0.39, 0.29) is 11.7 Å². The lowest BCUT2D eigenvalue weighted by molar-refractivity contribution is -0.115. The van der Waals surface area contributed by atoms with Crippen molar-refractivity contribution in [2.45, 2.75) is 19.8 Å². The topological polar surface area (TPSA) is 49.7 Å². The van der Waals surface area contributed by atoms with E-state index in [0.717, 1.165) is 6.42 Å². The van der Waals surface area contributed by atoms with Gasteiger partial charge >= 0.3 is 0 Å². The van der Waals surface area contributed by atoms with Crippen LogP contribution in [0.15, 0.2) is 5.16 Å². The number of carbonyl (C=O) groups excluding carboxylic acids is 1. The van der Waals surface area contributed by atoms with E-state index in [1.54, 1.807) is 0 Å². The fourth-order valence-corrected chi connectivity index (χ4v) is 0.991. The smallest absolute Gasteiger partial charge is 0.183 e. The first-order chi connectivity index (χ1) is 4.25. The molecule has 1 aliphatic rings. The van der Waals surface area contributed by atoms with Gasteiger partial charge in [0.2, 0.25) is 0 Å². The minimum Gasteiger partial charge on any atom is -0.411 e. The van der Waals surface area contributed by atoms with Gasteiger partial charge in [0.1, 0.15) is 5.71 Å². The van der Waals surface area contributed by atoms with Gasteiger partial charge in [-0.3, -0.25) is 4.79 Å². The average Bonchev–Trinajstić information content (AvgIpc) is 2.15. The van der Waals surface area contributed by atoms with E-state index >= 15 is 0 Å². The number of ketones is 1. The summed E-state index contributed by atoms with van der Waals surface area (Å²) in [6, 6.07) is 0. The van der Waals surface area contributed by atoms with E-state index in [1.165, 1.54) is 0 Å². The number of rotatable bonds is 0. The van der Waals surface area contributed by atoms with Crippen LogP contribution in [0.2, 0.25) is 0 Å². The standard InChI is InChI=1S/C6H9NO2/c1-4-2-3-5(7-9)6(4)8/h4,9H,2-3H2,1H3. The molecule has 0 amide bonds. The van der Waals surface area contributed by atoms with Gasteiger partial charge in [-0.25, -0.2) is 0 Å². The summed E-state index contributed by atoms with van der Waals surface area (Å²) in [5, 5.41) is 11.1. The van der Waals surface area contributed by atoms with Crippen molar-refractivity contribution in [1.29, 1.82) is 0 Å². The van der Waals surface area contributed by atoms with Crippen molar-refractivity contribution in [3.8, 4) is 0 Å². The molecule has 50 valence electrons. The molecule has 1 N–H and O–H groups in total. The van der Waals surface area contributed by atoms with Gasteiger partial charge in [0.15, 0.2) is 5.78 Å². The predicted molar refractivity (Wildman–Crippen MR) is 32.6 cm³/mol. The van der Waals surface area contributed by atoms with E-state index in [4.69, 9.17) is 5.21 Å². The van der Waals surface area contributed by atoms with Crippen LogP contribution in [0.3, 0.4) is 0 Å². The molecule has 0 heterocycles. The lowest BCUT2D eigenvalue weighted by Crippen LogP contribution is -2.10. The second-order valence-corrected chi connectivity index (χ2v) is 2.35. The van der Waals surface area contributed by atoms with Crippen molar-refractivity contribution in [3.05, 3.63) is 0 Å². The van der Waals surface area contributed by atoms with Gasteiger partial charge < -0.3 is 5.21 Å². The third-order valence-electron chi connectivity index (χ3n) is 1.67. The van der Waals surface area contributed by atoms with Crippen LogP contribution >= 0.6 is 0 Å². The SMILES string of the molecule is CC1CCC(=NO)C1=O. The molecule has 1 saturated carbocycles. The van der Waals surface area contributed by atoms with Gasteiger partial charge in [-0.1, -0.05) is 12.1 Å². The second kappa shape index (κ2) is 2.17. The van der Waals surface area contributed by atoms with Crippen LogP contribution in [0.5, 0.6) is 0 Å². The zero-order chi connectivity index (χ0) is 6.85. The Labute approximate surface area is 53.4 Å². The maximum Gasteiger partial charge on any atom is 0.183 e. The number of Topliss-reactive ketones (excluding diaryl/α,β-unsaturated/α-hetero) is 1. The molecule has 0 saturated heterocycles. The van der Waals surface area contributed by atoms with Gasteiger partial charge in [-0.05, 0) is 12.8 Å². The number of oxime groups is 1. The van der Waals surface area contributed by atoms with Crippen molar-refractivity contribution in [1.82, 2.24) is 0 Å². The maximum atomic E-state index is 10.8. The number of nitrogens with zero attached hydrogens (tertiary/aromatic N) is 1. The van der Waals surface area contributed by atoms with Crippen molar-refractivity contribution < 1.29 is 10.0 Å². The van der Waals surface area contributed by atoms with Crippen LogP contribution in [0.1, 0.15) is 19.8 Å². The highest BCUT2D eigenvalue weighted by Gasteiger charge is 2.26. The second-order valence-electron chi connectivity index (χ2n) is 2.35. The fourth-order valence-electron chi connectivity index (χ4n) is 0.991. The molecule has 1 unspecified atom stereocenters. The molecule has 0 aromatic carbocycles. The van der Waals surface area contributed by atoms with E-state index in [1.807, 2.05) is 6.92 Å². The summed E-state index contributed by atoms with van der Waals surface area (Å²) in [7, 11) is 0. The lowest BCUT2D eigenvalue weighted by atomic mass is 10.1. The van der Waals surface area contributed by atoms with Crippen LogP contribution in [0, 0.1) is 5.92 Å². The third-order valence-corrected chi connectivity index (χ3v) is 1.67. The molecule has 0 aromatic rings. The largest absolute Gasteiger partial charge is 0.411 e. The minimum absolute atomic E-state index is 0.00231. The van der Waals surface area contributed by atoms with E-state index < -0.39 is 0 Å². The Morgan fingerprint density at radius 2 is 2.44 bits per heavy atom. The normalized spacial score (nSPS) is 31.9. The Morgan fingerprint density at radius 1 is 1.78 bits per heavy atom. The molecule has 3 nitrogen and oxygen atoms in total. The summed E-state index contributed by atoms with van der Waals surface area (Å²) >= 11 is 0. The maximum absolute atomic E-state index is 10.8. The van der Waals surface area contributed by atoms with Crippen molar-refractivity contribution in [2.75, 3.05) is 0 Å². The predicted octanol–water partition coefficient (Wildman–Crippen LogP) is 0.816. The Balaban J connectivity index is 2.74. The highest BCUT2D eigenvalue weighted by molar-refractivity contribution is 6.42. The molecule has 0 aromatic heterocycles. The molecular weight excluding hydrogens is 118 g/mol. The monoisotopic (exact) mass is 127 g/mol. The zero-order valence-electron chi connectivity index (χ0n) is 5.29. The fraction of sp³-hybridized carbons (Fsp3) is 0.667. The lowest BCUT2D eigenvalue weighted by Gasteiger charge is -1.91.